The van der Waals surface area contributed by atoms with Crippen LogP contribution in [0.5, 0.6) is 5.75 Å². The fraction of sp³-hybridized carbons (Fsp3) is 0.158. The van der Waals surface area contributed by atoms with Crippen LogP contribution in [-0.2, 0) is 12.7 Å². The number of rotatable bonds is 4. The number of phenols is 1. The monoisotopic (exact) mass is 532 g/mol. The van der Waals surface area contributed by atoms with Crippen LogP contribution in [0.3, 0.4) is 0 Å². The van der Waals surface area contributed by atoms with Crippen molar-refractivity contribution in [3.05, 3.63) is 68.2 Å². The molecule has 0 atom stereocenters. The van der Waals surface area contributed by atoms with Crippen molar-refractivity contribution in [2.75, 3.05) is 7.05 Å². The van der Waals surface area contributed by atoms with E-state index in [1.54, 1.807) is 12.1 Å². The van der Waals surface area contributed by atoms with Crippen LogP contribution in [0.25, 0.3) is 11.3 Å². The molecule has 0 bridgehead atoms. The van der Waals surface area contributed by atoms with E-state index in [0.717, 1.165) is 12.1 Å². The predicted molar refractivity (Wildman–Crippen MR) is 106 cm³/mol. The number of alkyl halides is 3. The lowest BCUT2D eigenvalue weighted by Gasteiger charge is -2.16. The largest absolute Gasteiger partial charge is 0.506 e. The Morgan fingerprint density at radius 2 is 1.83 bits per heavy atom. The van der Waals surface area contributed by atoms with Gasteiger partial charge in [-0.15, -0.1) is 0 Å². The summed E-state index contributed by atoms with van der Waals surface area (Å²) in [7, 11) is 1.46. The number of nitrogens with zero attached hydrogens (tertiary/aromatic N) is 2. The van der Waals surface area contributed by atoms with Crippen molar-refractivity contribution >= 4 is 37.8 Å². The molecule has 3 rings (SSSR count). The summed E-state index contributed by atoms with van der Waals surface area (Å²) in [6, 6.07) is 9.41. The minimum absolute atomic E-state index is 0.00907. The summed E-state index contributed by atoms with van der Waals surface area (Å²) in [5, 5.41) is 13.5. The summed E-state index contributed by atoms with van der Waals surface area (Å²) < 4.78 is 44.6. The molecule has 0 radical (unpaired) electrons. The molecule has 5 nitrogen and oxygen atoms in total. The molecular weight excluding hydrogens is 521 g/mol. The molecule has 1 N–H and O–H groups in total. The van der Waals surface area contributed by atoms with Gasteiger partial charge in [0, 0.05) is 25.2 Å². The maximum atomic E-state index is 12.8. The first-order valence-electron chi connectivity index (χ1n) is 8.13. The van der Waals surface area contributed by atoms with E-state index in [0.29, 0.717) is 25.8 Å². The van der Waals surface area contributed by atoms with Crippen molar-refractivity contribution in [2.24, 2.45) is 0 Å². The van der Waals surface area contributed by atoms with Crippen LogP contribution in [0.4, 0.5) is 13.2 Å². The molecule has 2 aromatic carbocycles. The van der Waals surface area contributed by atoms with E-state index in [1.165, 1.54) is 30.1 Å². The third kappa shape index (κ3) is 4.81. The Morgan fingerprint density at radius 1 is 1.17 bits per heavy atom. The molecule has 1 aromatic heterocycles. The molecule has 10 heteroatoms. The van der Waals surface area contributed by atoms with Crippen molar-refractivity contribution < 1.29 is 27.6 Å². The number of hydrogen-bond acceptors (Lipinski definition) is 4. The molecular formula is C19H13Br2F3N2O3. The fourth-order valence-electron chi connectivity index (χ4n) is 2.61. The summed E-state index contributed by atoms with van der Waals surface area (Å²) in [6.45, 7) is -0.0265. The summed E-state index contributed by atoms with van der Waals surface area (Å²) in [5.41, 5.74) is 0.136. The second-order valence-corrected chi connectivity index (χ2v) is 7.93. The Balaban J connectivity index is 1.78. The molecule has 0 aliphatic carbocycles. The van der Waals surface area contributed by atoms with E-state index in [9.17, 15) is 23.1 Å². The van der Waals surface area contributed by atoms with Gasteiger partial charge in [-0.2, -0.15) is 13.2 Å². The second kappa shape index (κ2) is 8.19. The van der Waals surface area contributed by atoms with Gasteiger partial charge in [0.2, 0.25) is 0 Å². The van der Waals surface area contributed by atoms with E-state index in [2.05, 4.69) is 37.0 Å². The zero-order chi connectivity index (χ0) is 21.3. The number of carbonyl (C=O) groups is 1. The second-order valence-electron chi connectivity index (χ2n) is 6.22. The smallest absolute Gasteiger partial charge is 0.416 e. The van der Waals surface area contributed by atoms with Gasteiger partial charge in [-0.05, 0) is 61.7 Å². The lowest BCUT2D eigenvalue weighted by atomic mass is 10.1. The van der Waals surface area contributed by atoms with E-state index < -0.39 is 17.6 Å². The Hall–Kier alpha value is -2.33. The summed E-state index contributed by atoms with van der Waals surface area (Å²) in [5.74, 6) is -0.193. The third-order valence-electron chi connectivity index (χ3n) is 4.05. The Morgan fingerprint density at radius 3 is 2.45 bits per heavy atom. The van der Waals surface area contributed by atoms with Crippen LogP contribution >= 0.6 is 31.9 Å². The molecule has 0 saturated carbocycles. The number of amides is 1. The molecule has 0 saturated heterocycles. The van der Waals surface area contributed by atoms with E-state index in [4.69, 9.17) is 4.52 Å². The molecule has 0 aliphatic heterocycles. The minimum Gasteiger partial charge on any atom is -0.506 e. The number of aromatic hydroxyl groups is 1. The molecule has 0 aliphatic rings. The topological polar surface area (TPSA) is 66.6 Å². The molecule has 0 spiro atoms. The van der Waals surface area contributed by atoms with Gasteiger partial charge in [0.25, 0.3) is 5.91 Å². The zero-order valence-corrected chi connectivity index (χ0v) is 18.0. The van der Waals surface area contributed by atoms with Gasteiger partial charge in [0.1, 0.15) is 5.75 Å². The van der Waals surface area contributed by atoms with Crippen LogP contribution < -0.4 is 0 Å². The average Bonchev–Trinajstić information content (AvgIpc) is 3.14. The van der Waals surface area contributed by atoms with Gasteiger partial charge in [-0.25, -0.2) is 0 Å². The Kier molecular flexibility index (Phi) is 6.04. The maximum Gasteiger partial charge on any atom is 0.416 e. The van der Waals surface area contributed by atoms with Crippen LogP contribution in [0.15, 0.2) is 55.9 Å². The number of benzene rings is 2. The van der Waals surface area contributed by atoms with E-state index in [1.807, 2.05) is 0 Å². The van der Waals surface area contributed by atoms with Crippen molar-refractivity contribution in [3.63, 3.8) is 0 Å². The van der Waals surface area contributed by atoms with Crippen LogP contribution in [0, 0.1) is 0 Å². The van der Waals surface area contributed by atoms with Gasteiger partial charge in [-0.1, -0.05) is 17.3 Å². The molecule has 1 heterocycles. The lowest BCUT2D eigenvalue weighted by Crippen LogP contribution is -2.26. The molecule has 1 amide bonds. The van der Waals surface area contributed by atoms with Crippen molar-refractivity contribution in [2.45, 2.75) is 12.7 Å². The first-order valence-corrected chi connectivity index (χ1v) is 9.71. The van der Waals surface area contributed by atoms with Gasteiger partial charge >= 0.3 is 6.18 Å². The highest BCUT2D eigenvalue weighted by Crippen LogP contribution is 2.37. The van der Waals surface area contributed by atoms with Crippen molar-refractivity contribution in [3.8, 4) is 17.1 Å². The maximum absolute atomic E-state index is 12.8. The quantitative estimate of drug-likeness (QED) is 0.456. The zero-order valence-electron chi connectivity index (χ0n) is 14.8. The average molecular weight is 534 g/mol. The van der Waals surface area contributed by atoms with Gasteiger partial charge in [0.15, 0.2) is 11.5 Å². The number of phenolic OH excluding ortho intramolecular Hbond substituents is 1. The van der Waals surface area contributed by atoms with Gasteiger partial charge in [-0.3, -0.25) is 4.79 Å². The lowest BCUT2D eigenvalue weighted by molar-refractivity contribution is -0.137. The minimum atomic E-state index is -4.45. The highest BCUT2D eigenvalue weighted by Gasteiger charge is 2.30. The van der Waals surface area contributed by atoms with Crippen molar-refractivity contribution in [1.82, 2.24) is 10.1 Å². The Bertz CT molecular complexity index is 1040. The summed E-state index contributed by atoms with van der Waals surface area (Å²) >= 11 is 6.43. The first-order chi connectivity index (χ1) is 13.6. The standard InChI is InChI=1S/C19H13Br2F3N2O3/c1-26(9-10-3-2-4-12(5-10)19(22,23)24)18(28)15-8-16(29-25-15)11-6-13(20)17(27)14(21)7-11/h2-8,27H,9H2,1H3. The highest BCUT2D eigenvalue weighted by atomic mass is 79.9. The summed E-state index contributed by atoms with van der Waals surface area (Å²) in [6.07, 6.45) is -4.45. The highest BCUT2D eigenvalue weighted by molar-refractivity contribution is 9.11. The first kappa shape index (κ1) is 21.4. The normalized spacial score (nSPS) is 11.5. The number of carbonyl (C=O) groups excluding carboxylic acids is 1. The van der Waals surface area contributed by atoms with E-state index >= 15 is 0 Å². The Labute approximate surface area is 180 Å². The third-order valence-corrected chi connectivity index (χ3v) is 5.26. The molecule has 0 fully saturated rings. The van der Waals surface area contributed by atoms with Gasteiger partial charge in [0.05, 0.1) is 14.5 Å². The molecule has 152 valence electrons. The van der Waals surface area contributed by atoms with Crippen molar-refractivity contribution in [1.29, 1.82) is 0 Å². The van der Waals surface area contributed by atoms with Crippen LogP contribution in [0.2, 0.25) is 0 Å². The molecule has 3 aromatic rings. The van der Waals surface area contributed by atoms with Crippen LogP contribution in [-0.4, -0.2) is 28.1 Å². The number of aromatic nitrogens is 1. The van der Waals surface area contributed by atoms with E-state index in [-0.39, 0.29) is 18.0 Å². The summed E-state index contributed by atoms with van der Waals surface area (Å²) in [4.78, 5) is 13.8. The SMILES string of the molecule is CN(Cc1cccc(C(F)(F)F)c1)C(=O)c1cc(-c2cc(Br)c(O)c(Br)c2)on1. The van der Waals surface area contributed by atoms with Crippen LogP contribution in [0.1, 0.15) is 21.6 Å². The molecule has 0 unspecified atom stereocenters. The molecule has 29 heavy (non-hydrogen) atoms. The predicted octanol–water partition coefficient (Wildman–Crippen LogP) is 5.86. The van der Waals surface area contributed by atoms with Gasteiger partial charge < -0.3 is 14.5 Å². The number of hydrogen-bond donors (Lipinski definition) is 1. The number of halogens is 5. The fourth-order valence-corrected chi connectivity index (χ4v) is 3.79.